The second-order valence-electron chi connectivity index (χ2n) is 11.7. The number of nitrogens with zero attached hydrogens (tertiary/aromatic N) is 2. The van der Waals surface area contributed by atoms with Crippen LogP contribution in [0.1, 0.15) is 68.7 Å². The SMILES string of the molecule is C=C(CN1C(=O)c2ccccc2C1=O)C1(C(=O)OC(C)(C)C)CC(C(C)(C)C)CN1O[SiH](C)C. The summed E-state index contributed by atoms with van der Waals surface area (Å²) < 4.78 is 12.2. The molecule has 0 saturated carbocycles. The van der Waals surface area contributed by atoms with Crippen LogP contribution in [0.5, 0.6) is 0 Å². The van der Waals surface area contributed by atoms with Crippen molar-refractivity contribution in [2.45, 2.75) is 72.2 Å². The normalized spacial score (nSPS) is 23.6. The lowest BCUT2D eigenvalue weighted by Crippen LogP contribution is -2.57. The first-order chi connectivity index (χ1) is 15.6. The van der Waals surface area contributed by atoms with E-state index in [1.807, 2.05) is 33.9 Å². The Morgan fingerprint density at radius 2 is 1.62 bits per heavy atom. The molecule has 34 heavy (non-hydrogen) atoms. The monoisotopic (exact) mass is 486 g/mol. The Kier molecular flexibility index (Phi) is 7.01. The van der Waals surface area contributed by atoms with Crippen molar-refractivity contribution < 1.29 is 23.6 Å². The third kappa shape index (κ3) is 4.90. The zero-order valence-corrected chi connectivity index (χ0v) is 22.9. The van der Waals surface area contributed by atoms with Crippen molar-refractivity contribution in [3.8, 4) is 0 Å². The number of amides is 2. The molecule has 1 aromatic carbocycles. The van der Waals surface area contributed by atoms with Crippen LogP contribution in [-0.2, 0) is 14.1 Å². The lowest BCUT2D eigenvalue weighted by Gasteiger charge is -2.40. The minimum Gasteiger partial charge on any atom is -0.458 e. The molecule has 1 aromatic rings. The molecule has 3 rings (SSSR count). The molecule has 1 fully saturated rings. The highest BCUT2D eigenvalue weighted by atomic mass is 28.3. The summed E-state index contributed by atoms with van der Waals surface area (Å²) in [7, 11) is -1.60. The van der Waals surface area contributed by atoms with Gasteiger partial charge in [-0.25, -0.2) is 4.79 Å². The smallest absolute Gasteiger partial charge is 0.333 e. The Morgan fingerprint density at radius 1 is 1.09 bits per heavy atom. The van der Waals surface area contributed by atoms with Gasteiger partial charge in [-0.3, -0.25) is 14.5 Å². The predicted molar refractivity (Wildman–Crippen MR) is 134 cm³/mol. The summed E-state index contributed by atoms with van der Waals surface area (Å²) in [6, 6.07) is 6.76. The third-order valence-electron chi connectivity index (χ3n) is 6.47. The van der Waals surface area contributed by atoms with Crippen LogP contribution in [0, 0.1) is 11.3 Å². The van der Waals surface area contributed by atoms with Crippen LogP contribution in [0.25, 0.3) is 0 Å². The highest BCUT2D eigenvalue weighted by Crippen LogP contribution is 2.47. The molecule has 7 nitrogen and oxygen atoms in total. The molecule has 186 valence electrons. The summed E-state index contributed by atoms with van der Waals surface area (Å²) in [5.41, 5.74) is -0.947. The fraction of sp³-hybridized carbons (Fsp3) is 0.577. The van der Waals surface area contributed by atoms with E-state index in [4.69, 9.17) is 9.26 Å². The number of carbonyl (C=O) groups is 3. The number of rotatable bonds is 6. The lowest BCUT2D eigenvalue weighted by molar-refractivity contribution is -0.185. The highest BCUT2D eigenvalue weighted by molar-refractivity contribution is 6.48. The maximum Gasteiger partial charge on any atom is 0.333 e. The van der Waals surface area contributed by atoms with E-state index in [0.717, 1.165) is 0 Å². The summed E-state index contributed by atoms with van der Waals surface area (Å²) in [4.78, 5) is 41.1. The summed E-state index contributed by atoms with van der Waals surface area (Å²) >= 11 is 0. The molecule has 0 aromatic heterocycles. The quantitative estimate of drug-likeness (QED) is 0.260. The van der Waals surface area contributed by atoms with E-state index < -0.39 is 26.1 Å². The first kappa shape index (κ1) is 26.3. The largest absolute Gasteiger partial charge is 0.458 e. The maximum atomic E-state index is 13.9. The molecule has 2 atom stereocenters. The van der Waals surface area contributed by atoms with E-state index in [-0.39, 0.29) is 29.7 Å². The molecular weight excluding hydrogens is 448 g/mol. The van der Waals surface area contributed by atoms with Gasteiger partial charge in [-0.2, -0.15) is 5.06 Å². The van der Waals surface area contributed by atoms with Gasteiger partial charge in [-0.15, -0.1) is 0 Å². The average molecular weight is 487 g/mol. The number of esters is 1. The number of benzene rings is 1. The molecule has 1 saturated heterocycles. The van der Waals surface area contributed by atoms with Crippen LogP contribution in [0.4, 0.5) is 0 Å². The fourth-order valence-corrected chi connectivity index (χ4v) is 5.34. The van der Waals surface area contributed by atoms with Gasteiger partial charge < -0.3 is 9.26 Å². The van der Waals surface area contributed by atoms with Crippen LogP contribution < -0.4 is 0 Å². The Labute approximate surface area is 204 Å². The van der Waals surface area contributed by atoms with E-state index >= 15 is 0 Å². The summed E-state index contributed by atoms with van der Waals surface area (Å²) in [6.45, 7) is 20.7. The standard InChI is InChI=1S/C26H38N2O5Si/c1-17(15-27-21(29)19-12-10-11-13-20(19)22(27)30)26(23(31)32-25(5,6)7)14-18(24(2,3)4)16-28(26)33-34(8)9/h10-13,18,34H,1,14-16H2,2-9H3. The van der Waals surface area contributed by atoms with Gasteiger partial charge in [0.15, 0.2) is 14.6 Å². The van der Waals surface area contributed by atoms with Crippen LogP contribution >= 0.6 is 0 Å². The minimum atomic E-state index is -1.60. The van der Waals surface area contributed by atoms with Gasteiger partial charge in [0.25, 0.3) is 11.8 Å². The molecule has 0 bridgehead atoms. The second-order valence-corrected chi connectivity index (χ2v) is 14.0. The molecule has 0 aliphatic carbocycles. The van der Waals surface area contributed by atoms with E-state index in [2.05, 4.69) is 27.4 Å². The van der Waals surface area contributed by atoms with E-state index in [1.54, 1.807) is 29.3 Å². The van der Waals surface area contributed by atoms with E-state index in [9.17, 15) is 14.4 Å². The molecule has 0 radical (unpaired) electrons. The van der Waals surface area contributed by atoms with Gasteiger partial charge in [0.2, 0.25) is 0 Å². The van der Waals surface area contributed by atoms with Crippen LogP contribution in [-0.4, -0.2) is 61.0 Å². The van der Waals surface area contributed by atoms with Gasteiger partial charge in [0.05, 0.1) is 17.7 Å². The number of hydrogen-bond acceptors (Lipinski definition) is 6. The topological polar surface area (TPSA) is 76.2 Å². The van der Waals surface area contributed by atoms with E-state index in [0.29, 0.717) is 29.7 Å². The number of imide groups is 1. The summed E-state index contributed by atoms with van der Waals surface area (Å²) in [6.07, 6.45) is 0.439. The van der Waals surface area contributed by atoms with Crippen LogP contribution in [0.2, 0.25) is 13.1 Å². The van der Waals surface area contributed by atoms with Crippen molar-refractivity contribution in [2.24, 2.45) is 11.3 Å². The second kappa shape index (κ2) is 9.05. The zero-order chi connectivity index (χ0) is 25.6. The molecular formula is C26H38N2O5Si. The first-order valence-electron chi connectivity index (χ1n) is 11.9. The predicted octanol–water partition coefficient (Wildman–Crippen LogP) is 4.20. The van der Waals surface area contributed by atoms with Gasteiger partial charge in [0.1, 0.15) is 5.60 Å². The number of hydrogen-bond donors (Lipinski definition) is 0. The molecule has 0 N–H and O–H groups in total. The summed E-state index contributed by atoms with van der Waals surface area (Å²) in [5, 5.41) is 1.74. The van der Waals surface area contributed by atoms with Gasteiger partial charge >= 0.3 is 5.97 Å². The van der Waals surface area contributed by atoms with E-state index in [1.165, 1.54) is 4.90 Å². The third-order valence-corrected chi connectivity index (χ3v) is 7.14. The maximum absolute atomic E-state index is 13.9. The Hall–Kier alpha value is -2.29. The van der Waals surface area contributed by atoms with Crippen molar-refractivity contribution in [3.05, 3.63) is 47.5 Å². The highest BCUT2D eigenvalue weighted by Gasteiger charge is 2.58. The summed E-state index contributed by atoms with van der Waals surface area (Å²) in [5.74, 6) is -1.09. The Balaban J connectivity index is 2.03. The van der Waals surface area contributed by atoms with Gasteiger partial charge in [-0.05, 0) is 69.3 Å². The van der Waals surface area contributed by atoms with Crippen LogP contribution in [0.3, 0.4) is 0 Å². The first-order valence-corrected chi connectivity index (χ1v) is 14.7. The lowest BCUT2D eigenvalue weighted by atomic mass is 9.75. The molecule has 0 spiro atoms. The van der Waals surface area contributed by atoms with Crippen molar-refractivity contribution in [3.63, 3.8) is 0 Å². The van der Waals surface area contributed by atoms with Crippen molar-refractivity contribution in [2.75, 3.05) is 13.1 Å². The van der Waals surface area contributed by atoms with Crippen molar-refractivity contribution >= 4 is 26.8 Å². The van der Waals surface area contributed by atoms with Crippen molar-refractivity contribution in [1.29, 1.82) is 0 Å². The van der Waals surface area contributed by atoms with Gasteiger partial charge in [0, 0.05) is 6.54 Å². The Bertz CT molecular complexity index is 972. The Morgan fingerprint density at radius 3 is 2.06 bits per heavy atom. The number of carbonyl (C=O) groups excluding carboxylic acids is 3. The minimum absolute atomic E-state index is 0.0814. The molecule has 2 unspecified atom stereocenters. The number of fused-ring (bicyclic) bond motifs is 1. The van der Waals surface area contributed by atoms with Gasteiger partial charge in [-0.1, -0.05) is 39.5 Å². The molecule has 8 heteroatoms. The number of hydroxylamine groups is 2. The molecule has 2 heterocycles. The number of ether oxygens (including phenoxy) is 1. The molecule has 2 aliphatic heterocycles. The molecule has 2 aliphatic rings. The van der Waals surface area contributed by atoms with Crippen LogP contribution in [0.15, 0.2) is 36.4 Å². The fourth-order valence-electron chi connectivity index (χ4n) is 4.56. The molecule has 2 amide bonds. The van der Waals surface area contributed by atoms with Crippen molar-refractivity contribution in [1.82, 2.24) is 9.96 Å². The zero-order valence-electron chi connectivity index (χ0n) is 21.7. The average Bonchev–Trinajstić information content (AvgIpc) is 3.19.